The number of nitrogens with zero attached hydrogens (tertiary/aromatic N) is 2. The summed E-state index contributed by atoms with van der Waals surface area (Å²) in [5, 5.41) is 2.79. The summed E-state index contributed by atoms with van der Waals surface area (Å²) in [5.41, 5.74) is 1.07. The molecule has 1 N–H and O–H groups in total. The minimum Gasteiger partial charge on any atom is -0.336 e. The van der Waals surface area contributed by atoms with Gasteiger partial charge in [0.2, 0.25) is 5.91 Å². The molecule has 0 spiro atoms. The number of carbonyl (C=O) groups is 2. The molecule has 0 aromatic heterocycles. The number of benzene rings is 1. The predicted octanol–water partition coefficient (Wildman–Crippen LogP) is 2.29. The fourth-order valence-corrected chi connectivity index (χ4v) is 2.48. The first-order valence-electron chi connectivity index (χ1n) is 7.46. The number of hydrogen-bond acceptors (Lipinski definition) is 2. The van der Waals surface area contributed by atoms with Gasteiger partial charge in [-0.2, -0.15) is 0 Å². The number of nitrogens with one attached hydrogen (secondary N) is 1. The standard InChI is InChI=1S/C16H22FN3O2/c1-10(2)18-16(22)19-7-8-20(15(21)12(19)4)13-6-5-11(3)14(17)9-13/h5-6,9-10,12H,7-8H2,1-4H3,(H,18,22)/t12-/m0/s1. The number of carbonyl (C=O) groups excluding carboxylic acids is 2. The molecule has 0 radical (unpaired) electrons. The maximum absolute atomic E-state index is 13.7. The quantitative estimate of drug-likeness (QED) is 0.911. The van der Waals surface area contributed by atoms with Gasteiger partial charge in [0.1, 0.15) is 11.9 Å². The Morgan fingerprint density at radius 3 is 2.64 bits per heavy atom. The van der Waals surface area contributed by atoms with Crippen LogP contribution in [0, 0.1) is 12.7 Å². The molecule has 1 aliphatic heterocycles. The summed E-state index contributed by atoms with van der Waals surface area (Å²) >= 11 is 0. The van der Waals surface area contributed by atoms with Crippen LogP contribution in [0.25, 0.3) is 0 Å². The van der Waals surface area contributed by atoms with Crippen molar-refractivity contribution >= 4 is 17.6 Å². The molecule has 3 amide bonds. The van der Waals surface area contributed by atoms with Crippen LogP contribution in [-0.4, -0.2) is 42.0 Å². The van der Waals surface area contributed by atoms with E-state index in [0.29, 0.717) is 24.3 Å². The monoisotopic (exact) mass is 307 g/mol. The van der Waals surface area contributed by atoms with E-state index in [1.807, 2.05) is 13.8 Å². The van der Waals surface area contributed by atoms with Crippen LogP contribution in [0.15, 0.2) is 18.2 Å². The zero-order valence-corrected chi connectivity index (χ0v) is 13.4. The molecule has 6 heteroatoms. The highest BCUT2D eigenvalue weighted by atomic mass is 19.1. The van der Waals surface area contributed by atoms with Crippen molar-refractivity contribution in [2.24, 2.45) is 0 Å². The minimum atomic E-state index is -0.572. The smallest absolute Gasteiger partial charge is 0.318 e. The fourth-order valence-electron chi connectivity index (χ4n) is 2.48. The van der Waals surface area contributed by atoms with Gasteiger partial charge in [-0.1, -0.05) is 6.07 Å². The molecule has 1 fully saturated rings. The lowest BCUT2D eigenvalue weighted by atomic mass is 10.1. The molecular weight excluding hydrogens is 285 g/mol. The van der Waals surface area contributed by atoms with Crippen LogP contribution in [-0.2, 0) is 4.79 Å². The average molecular weight is 307 g/mol. The van der Waals surface area contributed by atoms with Gasteiger partial charge in [0, 0.05) is 24.8 Å². The number of anilines is 1. The lowest BCUT2D eigenvalue weighted by Crippen LogP contribution is -2.60. The van der Waals surface area contributed by atoms with Gasteiger partial charge in [-0.05, 0) is 45.4 Å². The molecule has 1 atom stereocenters. The van der Waals surface area contributed by atoms with Gasteiger partial charge < -0.3 is 15.1 Å². The first-order valence-corrected chi connectivity index (χ1v) is 7.46. The van der Waals surface area contributed by atoms with E-state index in [1.165, 1.54) is 15.9 Å². The highest BCUT2D eigenvalue weighted by Gasteiger charge is 2.35. The van der Waals surface area contributed by atoms with Gasteiger partial charge >= 0.3 is 6.03 Å². The van der Waals surface area contributed by atoms with Crippen LogP contribution in [0.5, 0.6) is 0 Å². The van der Waals surface area contributed by atoms with Crippen molar-refractivity contribution < 1.29 is 14.0 Å². The van der Waals surface area contributed by atoms with Crippen molar-refractivity contribution in [2.45, 2.75) is 39.8 Å². The summed E-state index contributed by atoms with van der Waals surface area (Å²) in [7, 11) is 0. The molecule has 1 heterocycles. The van der Waals surface area contributed by atoms with E-state index in [2.05, 4.69) is 5.32 Å². The third kappa shape index (κ3) is 3.21. The number of piperazine rings is 1. The topological polar surface area (TPSA) is 52.6 Å². The van der Waals surface area contributed by atoms with Gasteiger partial charge in [0.05, 0.1) is 0 Å². The Labute approximate surface area is 130 Å². The lowest BCUT2D eigenvalue weighted by molar-refractivity contribution is -0.124. The Morgan fingerprint density at radius 2 is 2.05 bits per heavy atom. The van der Waals surface area contributed by atoms with Crippen LogP contribution in [0.3, 0.4) is 0 Å². The Hall–Kier alpha value is -2.11. The van der Waals surface area contributed by atoms with Crippen molar-refractivity contribution in [2.75, 3.05) is 18.0 Å². The number of halogens is 1. The molecule has 120 valence electrons. The molecule has 2 rings (SSSR count). The van der Waals surface area contributed by atoms with E-state index in [9.17, 15) is 14.0 Å². The van der Waals surface area contributed by atoms with Crippen LogP contribution in [0.4, 0.5) is 14.9 Å². The van der Waals surface area contributed by atoms with Crippen LogP contribution in [0.2, 0.25) is 0 Å². The minimum absolute atomic E-state index is 0.0130. The van der Waals surface area contributed by atoms with E-state index >= 15 is 0 Å². The molecule has 5 nitrogen and oxygen atoms in total. The number of aryl methyl sites for hydroxylation is 1. The highest BCUT2D eigenvalue weighted by Crippen LogP contribution is 2.22. The molecule has 0 unspecified atom stereocenters. The number of urea groups is 1. The molecule has 0 aliphatic carbocycles. The SMILES string of the molecule is Cc1ccc(N2CCN(C(=O)NC(C)C)[C@@H](C)C2=O)cc1F. The largest absolute Gasteiger partial charge is 0.336 e. The Bertz CT molecular complexity index is 589. The van der Waals surface area contributed by atoms with Crippen molar-refractivity contribution in [3.05, 3.63) is 29.6 Å². The number of amides is 3. The second kappa shape index (κ2) is 6.34. The zero-order valence-electron chi connectivity index (χ0n) is 13.4. The number of rotatable bonds is 2. The van der Waals surface area contributed by atoms with E-state index in [1.54, 1.807) is 26.0 Å². The van der Waals surface area contributed by atoms with E-state index < -0.39 is 6.04 Å². The predicted molar refractivity (Wildman–Crippen MR) is 83.3 cm³/mol. The van der Waals surface area contributed by atoms with Crippen molar-refractivity contribution in [1.29, 1.82) is 0 Å². The molecule has 1 saturated heterocycles. The molecule has 0 saturated carbocycles. The summed E-state index contributed by atoms with van der Waals surface area (Å²) in [6, 6.07) is 3.94. The van der Waals surface area contributed by atoms with Gasteiger partial charge in [-0.3, -0.25) is 4.79 Å². The molecule has 1 aliphatic rings. The summed E-state index contributed by atoms with van der Waals surface area (Å²) in [6.45, 7) is 7.89. The molecular formula is C16H22FN3O2. The van der Waals surface area contributed by atoms with Gasteiger partial charge in [0.25, 0.3) is 0 Å². The third-order valence-electron chi connectivity index (χ3n) is 3.80. The van der Waals surface area contributed by atoms with E-state index in [0.717, 1.165) is 0 Å². The first kappa shape index (κ1) is 16.3. The summed E-state index contributed by atoms with van der Waals surface area (Å²) < 4.78 is 13.7. The Balaban J connectivity index is 2.15. The highest BCUT2D eigenvalue weighted by molar-refractivity contribution is 6.00. The molecule has 1 aromatic rings. The maximum atomic E-state index is 13.7. The Kier molecular flexibility index (Phi) is 4.68. The van der Waals surface area contributed by atoms with Crippen LogP contribution in [0.1, 0.15) is 26.3 Å². The van der Waals surface area contributed by atoms with E-state index in [4.69, 9.17) is 0 Å². The van der Waals surface area contributed by atoms with Gasteiger partial charge in [-0.25, -0.2) is 9.18 Å². The second-order valence-corrected chi connectivity index (χ2v) is 5.90. The van der Waals surface area contributed by atoms with Crippen LogP contribution >= 0.6 is 0 Å². The van der Waals surface area contributed by atoms with Crippen molar-refractivity contribution in [1.82, 2.24) is 10.2 Å². The third-order valence-corrected chi connectivity index (χ3v) is 3.80. The molecule has 22 heavy (non-hydrogen) atoms. The lowest BCUT2D eigenvalue weighted by Gasteiger charge is -2.39. The van der Waals surface area contributed by atoms with Crippen molar-refractivity contribution in [3.8, 4) is 0 Å². The zero-order chi connectivity index (χ0) is 16.4. The number of hydrogen-bond donors (Lipinski definition) is 1. The van der Waals surface area contributed by atoms with E-state index in [-0.39, 0.29) is 23.8 Å². The summed E-state index contributed by atoms with van der Waals surface area (Å²) in [6.07, 6.45) is 0. The second-order valence-electron chi connectivity index (χ2n) is 5.90. The first-order chi connectivity index (χ1) is 10.3. The summed E-state index contributed by atoms with van der Waals surface area (Å²) in [4.78, 5) is 27.6. The summed E-state index contributed by atoms with van der Waals surface area (Å²) in [5.74, 6) is -0.536. The normalized spacial score (nSPS) is 18.8. The fraction of sp³-hybridized carbons (Fsp3) is 0.500. The maximum Gasteiger partial charge on any atom is 0.318 e. The molecule has 1 aromatic carbocycles. The average Bonchev–Trinajstić information content (AvgIpc) is 2.44. The van der Waals surface area contributed by atoms with Crippen molar-refractivity contribution in [3.63, 3.8) is 0 Å². The van der Waals surface area contributed by atoms with Crippen LogP contribution < -0.4 is 10.2 Å². The Morgan fingerprint density at radius 1 is 1.36 bits per heavy atom. The molecule has 0 bridgehead atoms. The van der Waals surface area contributed by atoms with Gasteiger partial charge in [0.15, 0.2) is 0 Å². The van der Waals surface area contributed by atoms with Gasteiger partial charge in [-0.15, -0.1) is 0 Å².